The van der Waals surface area contributed by atoms with Crippen LogP contribution in [-0.2, 0) is 11.2 Å². The van der Waals surface area contributed by atoms with Crippen LogP contribution in [0.2, 0.25) is 0 Å². The molecule has 0 unspecified atom stereocenters. The van der Waals surface area contributed by atoms with Gasteiger partial charge in [-0.1, -0.05) is 6.07 Å². The molecule has 2 aromatic rings. The third-order valence-electron chi connectivity index (χ3n) is 2.42. The predicted octanol–water partition coefficient (Wildman–Crippen LogP) is 2.65. The van der Waals surface area contributed by atoms with Gasteiger partial charge in [-0.05, 0) is 12.1 Å². The summed E-state index contributed by atoms with van der Waals surface area (Å²) in [6.07, 6.45) is -4.35. The summed E-state index contributed by atoms with van der Waals surface area (Å²) in [4.78, 5) is 15.0. The zero-order valence-corrected chi connectivity index (χ0v) is 10.1. The van der Waals surface area contributed by atoms with E-state index in [2.05, 4.69) is 9.72 Å². The lowest BCUT2D eigenvalue weighted by atomic mass is 10.2. The monoisotopic (exact) mass is 289 g/mol. The van der Waals surface area contributed by atoms with Gasteiger partial charge in [0.25, 0.3) is 0 Å². The number of para-hydroxylation sites is 1. The number of oxazole rings is 1. The highest BCUT2D eigenvalue weighted by Gasteiger charge is 2.27. The highest BCUT2D eigenvalue weighted by molar-refractivity contribution is 5.99. The fourth-order valence-electron chi connectivity index (χ4n) is 1.62. The topological polar surface area (TPSA) is 72.6 Å². The molecule has 0 fully saturated rings. The molecule has 0 radical (unpaired) electrons. The Balaban J connectivity index is 2.05. The van der Waals surface area contributed by atoms with Gasteiger partial charge < -0.3 is 14.3 Å². The van der Waals surface area contributed by atoms with E-state index in [4.69, 9.17) is 9.52 Å². The maximum atomic E-state index is 11.9. The van der Waals surface area contributed by atoms with Crippen LogP contribution in [0.3, 0.4) is 0 Å². The molecule has 1 aromatic carbocycles. The number of ether oxygens (including phenoxy) is 1. The Hall–Kier alpha value is -2.09. The van der Waals surface area contributed by atoms with E-state index in [9.17, 15) is 18.0 Å². The Morgan fingerprint density at radius 2 is 2.15 bits per heavy atom. The average molecular weight is 289 g/mol. The molecule has 2 rings (SSSR count). The highest BCUT2D eigenvalue weighted by atomic mass is 19.4. The Kier molecular flexibility index (Phi) is 3.93. The third kappa shape index (κ3) is 3.47. The molecule has 20 heavy (non-hydrogen) atoms. The molecule has 5 nitrogen and oxygen atoms in total. The van der Waals surface area contributed by atoms with Crippen LogP contribution >= 0.6 is 0 Å². The summed E-state index contributed by atoms with van der Waals surface area (Å²) < 4.78 is 45.3. The summed E-state index contributed by atoms with van der Waals surface area (Å²) in [7, 11) is 0. The zero-order chi connectivity index (χ0) is 14.8. The number of hydrogen-bond donors (Lipinski definition) is 1. The van der Waals surface area contributed by atoms with Gasteiger partial charge in [0.1, 0.15) is 17.7 Å². The van der Waals surface area contributed by atoms with Crippen molar-refractivity contribution in [3.05, 3.63) is 29.7 Å². The third-order valence-corrected chi connectivity index (χ3v) is 2.42. The fourth-order valence-corrected chi connectivity index (χ4v) is 1.62. The minimum Gasteiger partial charge on any atom is -0.478 e. The number of hydrogen-bond acceptors (Lipinski definition) is 4. The van der Waals surface area contributed by atoms with Gasteiger partial charge in [0.2, 0.25) is 0 Å². The van der Waals surface area contributed by atoms with Gasteiger partial charge >= 0.3 is 12.1 Å². The van der Waals surface area contributed by atoms with Crippen LogP contribution in [0, 0.1) is 0 Å². The second kappa shape index (κ2) is 5.49. The summed E-state index contributed by atoms with van der Waals surface area (Å²) >= 11 is 0. The number of alkyl halides is 3. The number of benzene rings is 1. The van der Waals surface area contributed by atoms with Gasteiger partial charge in [-0.3, -0.25) is 0 Å². The van der Waals surface area contributed by atoms with Gasteiger partial charge in [0.15, 0.2) is 11.5 Å². The molecule has 0 aliphatic carbocycles. The van der Waals surface area contributed by atoms with Crippen molar-refractivity contribution in [2.75, 3.05) is 13.2 Å². The van der Waals surface area contributed by atoms with Crippen LogP contribution in [0.5, 0.6) is 0 Å². The van der Waals surface area contributed by atoms with E-state index < -0.39 is 18.8 Å². The molecule has 8 heteroatoms. The van der Waals surface area contributed by atoms with Crippen molar-refractivity contribution in [3.63, 3.8) is 0 Å². The molecule has 1 heterocycles. The second-order valence-corrected chi connectivity index (χ2v) is 3.98. The average Bonchev–Trinajstić information content (AvgIpc) is 2.75. The van der Waals surface area contributed by atoms with Gasteiger partial charge in [0, 0.05) is 6.42 Å². The zero-order valence-electron chi connectivity index (χ0n) is 10.1. The molecular weight excluding hydrogens is 279 g/mol. The lowest BCUT2D eigenvalue weighted by Crippen LogP contribution is -2.17. The number of carboxylic acid groups (broad SMARTS) is 1. The first-order valence-corrected chi connectivity index (χ1v) is 5.63. The van der Waals surface area contributed by atoms with E-state index in [1.54, 1.807) is 6.07 Å². The SMILES string of the molecule is O=C(O)c1cccc2nc(CCOCC(F)(F)F)oc12. The number of aromatic carboxylic acids is 1. The van der Waals surface area contributed by atoms with E-state index in [1.807, 2.05) is 0 Å². The molecule has 108 valence electrons. The molecule has 0 amide bonds. The van der Waals surface area contributed by atoms with Gasteiger partial charge in [0.05, 0.1) is 6.61 Å². The van der Waals surface area contributed by atoms with Gasteiger partial charge in [-0.2, -0.15) is 13.2 Å². The number of aromatic nitrogens is 1. The maximum Gasteiger partial charge on any atom is 0.411 e. The quantitative estimate of drug-likeness (QED) is 0.857. The van der Waals surface area contributed by atoms with Crippen molar-refractivity contribution in [1.29, 1.82) is 0 Å². The Labute approximate surface area is 111 Å². The Morgan fingerprint density at radius 3 is 2.80 bits per heavy atom. The van der Waals surface area contributed by atoms with Crippen LogP contribution in [0.4, 0.5) is 13.2 Å². The van der Waals surface area contributed by atoms with Crippen LogP contribution < -0.4 is 0 Å². The van der Waals surface area contributed by atoms with Crippen molar-refractivity contribution in [2.24, 2.45) is 0 Å². The second-order valence-electron chi connectivity index (χ2n) is 3.98. The van der Waals surface area contributed by atoms with Crippen LogP contribution in [0.15, 0.2) is 22.6 Å². The van der Waals surface area contributed by atoms with Crippen molar-refractivity contribution < 1.29 is 32.2 Å². The molecule has 0 aliphatic rings. The van der Waals surface area contributed by atoms with Gasteiger partial charge in [-0.25, -0.2) is 9.78 Å². The smallest absolute Gasteiger partial charge is 0.411 e. The lowest BCUT2D eigenvalue weighted by Gasteiger charge is -2.05. The van der Waals surface area contributed by atoms with Crippen LogP contribution in [0.1, 0.15) is 16.2 Å². The number of carbonyl (C=O) groups is 1. The van der Waals surface area contributed by atoms with Gasteiger partial charge in [-0.15, -0.1) is 0 Å². The minimum absolute atomic E-state index is 0.0316. The minimum atomic E-state index is -4.38. The fraction of sp³-hybridized carbons (Fsp3) is 0.333. The normalized spacial score (nSPS) is 11.9. The molecule has 0 aliphatic heterocycles. The van der Waals surface area contributed by atoms with Crippen molar-refractivity contribution >= 4 is 17.1 Å². The maximum absolute atomic E-state index is 11.9. The van der Waals surface area contributed by atoms with Crippen LogP contribution in [0.25, 0.3) is 11.1 Å². The molecule has 1 aromatic heterocycles. The van der Waals surface area contributed by atoms with E-state index in [1.165, 1.54) is 12.1 Å². The molecule has 0 spiro atoms. The standard InChI is InChI=1S/C12H10F3NO4/c13-12(14,15)6-19-5-4-9-16-8-3-1-2-7(11(17)18)10(8)20-9/h1-3H,4-6H2,(H,17,18). The first kappa shape index (κ1) is 14.3. The van der Waals surface area contributed by atoms with Crippen LogP contribution in [-0.4, -0.2) is 35.4 Å². The largest absolute Gasteiger partial charge is 0.478 e. The van der Waals surface area contributed by atoms with Crippen molar-refractivity contribution in [2.45, 2.75) is 12.6 Å². The molecule has 0 saturated heterocycles. The first-order valence-electron chi connectivity index (χ1n) is 5.63. The summed E-state index contributed by atoms with van der Waals surface area (Å²) in [6, 6.07) is 4.43. The molecule has 0 atom stereocenters. The number of carboxylic acids is 1. The predicted molar refractivity (Wildman–Crippen MR) is 61.5 cm³/mol. The molecule has 0 saturated carbocycles. The molecule has 0 bridgehead atoms. The summed E-state index contributed by atoms with van der Waals surface area (Å²) in [5, 5.41) is 8.96. The first-order chi connectivity index (χ1) is 9.37. The van der Waals surface area contributed by atoms with Crippen molar-refractivity contribution in [1.82, 2.24) is 4.98 Å². The number of fused-ring (bicyclic) bond motifs is 1. The summed E-state index contributed by atoms with van der Waals surface area (Å²) in [5.74, 6) is -1.03. The summed E-state index contributed by atoms with van der Waals surface area (Å²) in [5.41, 5.74) is 0.402. The van der Waals surface area contributed by atoms with E-state index in [0.29, 0.717) is 5.52 Å². The number of halogens is 3. The molecular formula is C12H10F3NO4. The summed E-state index contributed by atoms with van der Waals surface area (Å²) in [6.45, 7) is -1.55. The van der Waals surface area contributed by atoms with E-state index in [0.717, 1.165) is 0 Å². The Morgan fingerprint density at radius 1 is 1.40 bits per heavy atom. The highest BCUT2D eigenvalue weighted by Crippen LogP contribution is 2.20. The lowest BCUT2D eigenvalue weighted by molar-refractivity contribution is -0.173. The van der Waals surface area contributed by atoms with Crippen molar-refractivity contribution in [3.8, 4) is 0 Å². The molecule has 1 N–H and O–H groups in total. The number of nitrogens with zero attached hydrogens (tertiary/aromatic N) is 1. The van der Waals surface area contributed by atoms with E-state index >= 15 is 0 Å². The Bertz CT molecular complexity index is 621. The number of rotatable bonds is 5. The van der Waals surface area contributed by atoms with E-state index in [-0.39, 0.29) is 30.1 Å².